The number of aliphatic hydroxyl groups is 1. The maximum absolute atomic E-state index is 9.76. The van der Waals surface area contributed by atoms with E-state index in [2.05, 4.69) is 15.6 Å². The molecule has 1 aromatic heterocycles. The highest BCUT2D eigenvalue weighted by atomic mass is 16.5. The number of methoxy groups -OCH3 is 1. The third kappa shape index (κ3) is 7.22. The van der Waals surface area contributed by atoms with E-state index in [1.807, 2.05) is 20.0 Å². The first-order chi connectivity index (χ1) is 9.11. The van der Waals surface area contributed by atoms with Crippen molar-refractivity contribution < 1.29 is 14.6 Å². The van der Waals surface area contributed by atoms with Gasteiger partial charge in [-0.3, -0.25) is 0 Å². The summed E-state index contributed by atoms with van der Waals surface area (Å²) in [5.41, 5.74) is 0.841. The van der Waals surface area contributed by atoms with Crippen LogP contribution in [0.2, 0.25) is 0 Å². The molecule has 0 saturated carbocycles. The molecule has 0 radical (unpaired) electrons. The van der Waals surface area contributed by atoms with Gasteiger partial charge in [0.05, 0.1) is 37.7 Å². The molecule has 1 heterocycles. The molecule has 1 atom stereocenters. The standard InChI is InChI=1S/C12H24N4O3/c1-10(2)19-9-12(17)8-16-7-11(14-15-16)6-13-4-5-18-3/h7,10,12-13,17H,4-6,8-9H2,1-3H3. The molecule has 0 aliphatic rings. The van der Waals surface area contributed by atoms with Gasteiger partial charge in [-0.1, -0.05) is 5.21 Å². The van der Waals surface area contributed by atoms with Crippen molar-refractivity contribution in [2.75, 3.05) is 26.9 Å². The van der Waals surface area contributed by atoms with Crippen LogP contribution in [0.15, 0.2) is 6.20 Å². The van der Waals surface area contributed by atoms with Crippen LogP contribution < -0.4 is 5.32 Å². The summed E-state index contributed by atoms with van der Waals surface area (Å²) in [7, 11) is 1.67. The molecule has 7 heteroatoms. The highest BCUT2D eigenvalue weighted by Crippen LogP contribution is 1.97. The molecule has 0 spiro atoms. The van der Waals surface area contributed by atoms with E-state index in [4.69, 9.17) is 9.47 Å². The molecule has 1 rings (SSSR count). The van der Waals surface area contributed by atoms with Crippen molar-refractivity contribution in [1.29, 1.82) is 0 Å². The molecule has 0 amide bonds. The minimum Gasteiger partial charge on any atom is -0.389 e. The maximum Gasteiger partial charge on any atom is 0.0969 e. The summed E-state index contributed by atoms with van der Waals surface area (Å²) in [5.74, 6) is 0. The summed E-state index contributed by atoms with van der Waals surface area (Å²) in [6, 6.07) is 0. The molecule has 0 aliphatic heterocycles. The Morgan fingerprint density at radius 2 is 2.26 bits per heavy atom. The fourth-order valence-electron chi connectivity index (χ4n) is 1.47. The molecule has 1 aromatic rings. The highest BCUT2D eigenvalue weighted by Gasteiger charge is 2.08. The van der Waals surface area contributed by atoms with E-state index >= 15 is 0 Å². The summed E-state index contributed by atoms with van der Waals surface area (Å²) < 4.78 is 11.9. The Bertz CT molecular complexity index is 343. The third-order valence-corrected chi connectivity index (χ3v) is 2.39. The van der Waals surface area contributed by atoms with Gasteiger partial charge >= 0.3 is 0 Å². The number of nitrogens with one attached hydrogen (secondary N) is 1. The number of nitrogens with zero attached hydrogens (tertiary/aromatic N) is 3. The first-order valence-electron chi connectivity index (χ1n) is 6.50. The fourth-order valence-corrected chi connectivity index (χ4v) is 1.47. The monoisotopic (exact) mass is 272 g/mol. The Morgan fingerprint density at radius 1 is 1.47 bits per heavy atom. The predicted molar refractivity (Wildman–Crippen MR) is 70.7 cm³/mol. The highest BCUT2D eigenvalue weighted by molar-refractivity contribution is 4.91. The van der Waals surface area contributed by atoms with Gasteiger partial charge in [-0.25, -0.2) is 4.68 Å². The molecule has 0 fully saturated rings. The number of rotatable bonds is 10. The van der Waals surface area contributed by atoms with E-state index in [0.29, 0.717) is 26.3 Å². The zero-order valence-electron chi connectivity index (χ0n) is 11.9. The summed E-state index contributed by atoms with van der Waals surface area (Å²) >= 11 is 0. The second-order valence-corrected chi connectivity index (χ2v) is 4.64. The summed E-state index contributed by atoms with van der Waals surface area (Å²) in [4.78, 5) is 0. The molecular weight excluding hydrogens is 248 g/mol. The maximum atomic E-state index is 9.76. The van der Waals surface area contributed by atoms with Gasteiger partial charge in [-0.05, 0) is 13.8 Å². The van der Waals surface area contributed by atoms with Crippen LogP contribution in [0, 0.1) is 0 Å². The van der Waals surface area contributed by atoms with Gasteiger partial charge in [0.2, 0.25) is 0 Å². The second-order valence-electron chi connectivity index (χ2n) is 4.64. The zero-order chi connectivity index (χ0) is 14.1. The Kier molecular flexibility index (Phi) is 7.57. The first-order valence-corrected chi connectivity index (χ1v) is 6.50. The molecule has 7 nitrogen and oxygen atoms in total. The van der Waals surface area contributed by atoms with E-state index < -0.39 is 6.10 Å². The lowest BCUT2D eigenvalue weighted by atomic mass is 10.3. The number of hydrogen-bond acceptors (Lipinski definition) is 6. The van der Waals surface area contributed by atoms with E-state index in [0.717, 1.165) is 12.2 Å². The normalized spacial score (nSPS) is 13.1. The molecule has 1 unspecified atom stereocenters. The van der Waals surface area contributed by atoms with Crippen molar-refractivity contribution in [3.8, 4) is 0 Å². The van der Waals surface area contributed by atoms with Crippen LogP contribution in [0.4, 0.5) is 0 Å². The lowest BCUT2D eigenvalue weighted by Crippen LogP contribution is -2.24. The Morgan fingerprint density at radius 3 is 2.95 bits per heavy atom. The van der Waals surface area contributed by atoms with Crippen molar-refractivity contribution in [3.63, 3.8) is 0 Å². The van der Waals surface area contributed by atoms with Crippen LogP contribution in [-0.4, -0.2) is 59.2 Å². The van der Waals surface area contributed by atoms with Crippen LogP contribution in [0.3, 0.4) is 0 Å². The average molecular weight is 272 g/mol. The van der Waals surface area contributed by atoms with Crippen molar-refractivity contribution in [2.45, 2.75) is 39.1 Å². The van der Waals surface area contributed by atoms with E-state index in [9.17, 15) is 5.11 Å². The van der Waals surface area contributed by atoms with Gasteiger partial charge in [-0.15, -0.1) is 5.10 Å². The van der Waals surface area contributed by atoms with E-state index in [-0.39, 0.29) is 6.10 Å². The predicted octanol–water partition coefficient (Wildman–Crippen LogP) is -0.200. The minimum atomic E-state index is -0.571. The number of aromatic nitrogens is 3. The number of hydrogen-bond donors (Lipinski definition) is 2. The quantitative estimate of drug-likeness (QED) is 0.574. The van der Waals surface area contributed by atoms with Gasteiger partial charge in [0.1, 0.15) is 0 Å². The zero-order valence-corrected chi connectivity index (χ0v) is 11.9. The molecule has 110 valence electrons. The van der Waals surface area contributed by atoms with Gasteiger partial charge < -0.3 is 19.9 Å². The van der Waals surface area contributed by atoms with Gasteiger partial charge in [0, 0.05) is 26.4 Å². The molecule has 19 heavy (non-hydrogen) atoms. The van der Waals surface area contributed by atoms with Crippen LogP contribution >= 0.6 is 0 Å². The van der Waals surface area contributed by atoms with Gasteiger partial charge in [0.15, 0.2) is 0 Å². The largest absolute Gasteiger partial charge is 0.389 e. The van der Waals surface area contributed by atoms with Crippen molar-refractivity contribution >= 4 is 0 Å². The molecule has 0 aliphatic carbocycles. The topological polar surface area (TPSA) is 81.4 Å². The lowest BCUT2D eigenvalue weighted by molar-refractivity contribution is -0.00221. The Balaban J connectivity index is 2.25. The third-order valence-electron chi connectivity index (χ3n) is 2.39. The molecule has 0 bridgehead atoms. The van der Waals surface area contributed by atoms with Crippen LogP contribution in [0.5, 0.6) is 0 Å². The van der Waals surface area contributed by atoms with Crippen molar-refractivity contribution in [1.82, 2.24) is 20.3 Å². The minimum absolute atomic E-state index is 0.117. The first kappa shape index (κ1) is 16.0. The number of aliphatic hydroxyl groups excluding tert-OH is 1. The summed E-state index contributed by atoms with van der Waals surface area (Å²) in [6.45, 7) is 6.64. The van der Waals surface area contributed by atoms with Crippen molar-refractivity contribution in [2.24, 2.45) is 0 Å². The van der Waals surface area contributed by atoms with Crippen LogP contribution in [0.1, 0.15) is 19.5 Å². The molecule has 0 saturated heterocycles. The van der Waals surface area contributed by atoms with Gasteiger partial charge in [-0.2, -0.15) is 0 Å². The smallest absolute Gasteiger partial charge is 0.0969 e. The Hall–Kier alpha value is -1.02. The lowest BCUT2D eigenvalue weighted by Gasteiger charge is -2.12. The summed E-state index contributed by atoms with van der Waals surface area (Å²) in [5, 5.41) is 20.9. The van der Waals surface area contributed by atoms with Gasteiger partial charge in [0.25, 0.3) is 0 Å². The Labute approximate surface area is 113 Å². The SMILES string of the molecule is COCCNCc1cn(CC(O)COC(C)C)nn1. The van der Waals surface area contributed by atoms with Crippen LogP contribution in [0.25, 0.3) is 0 Å². The average Bonchev–Trinajstić information content (AvgIpc) is 2.80. The van der Waals surface area contributed by atoms with E-state index in [1.54, 1.807) is 11.8 Å². The van der Waals surface area contributed by atoms with Crippen LogP contribution in [-0.2, 0) is 22.6 Å². The molecule has 0 aromatic carbocycles. The fraction of sp³-hybridized carbons (Fsp3) is 0.833. The summed E-state index contributed by atoms with van der Waals surface area (Å²) in [6.07, 6.45) is 1.36. The second kappa shape index (κ2) is 8.98. The molecular formula is C12H24N4O3. The van der Waals surface area contributed by atoms with E-state index in [1.165, 1.54) is 0 Å². The number of ether oxygens (including phenoxy) is 2. The van der Waals surface area contributed by atoms with Crippen molar-refractivity contribution in [3.05, 3.63) is 11.9 Å². The molecule has 2 N–H and O–H groups in total.